The number of hydrogen-bond acceptors (Lipinski definition) is 6. The molecule has 1 amide bonds. The van der Waals surface area contributed by atoms with E-state index in [4.69, 9.17) is 0 Å². The number of non-ortho nitro benzene ring substituents is 1. The Hall–Kier alpha value is -3.33. The number of nitro groups is 2. The number of nitro benzene ring substituents is 2. The van der Waals surface area contributed by atoms with Crippen LogP contribution >= 0.6 is 0 Å². The largest absolute Gasteiger partial charge is 0.347 e. The first-order valence-electron chi connectivity index (χ1n) is 9.87. The molecule has 1 fully saturated rings. The second-order valence-electron chi connectivity index (χ2n) is 7.46. The highest BCUT2D eigenvalue weighted by Gasteiger charge is 2.28. The van der Waals surface area contributed by atoms with Crippen LogP contribution in [0.5, 0.6) is 0 Å². The van der Waals surface area contributed by atoms with Gasteiger partial charge in [0.15, 0.2) is 0 Å². The van der Waals surface area contributed by atoms with E-state index in [1.807, 2.05) is 0 Å². The number of hydrogen-bond donors (Lipinski definition) is 1. The van der Waals surface area contributed by atoms with Crippen molar-refractivity contribution in [2.75, 3.05) is 19.6 Å². The lowest BCUT2D eigenvalue weighted by atomic mass is 9.97. The van der Waals surface area contributed by atoms with Gasteiger partial charge in [0.2, 0.25) is 5.91 Å². The summed E-state index contributed by atoms with van der Waals surface area (Å²) in [5, 5.41) is 25.5. The number of nitrogens with one attached hydrogen (secondary N) is 1. The standard InChI is InChI=1S/C21H24N4O5/c1-15(18-9-2-3-10-20(18)25(29)30)21(26)22-19(14-23-11-4-5-12-23)16-7-6-8-17(13-16)24(27)28/h2-3,6-10,13,15,19H,4-5,11-12,14H2,1H3,(H,22,26). The topological polar surface area (TPSA) is 119 Å². The molecule has 1 heterocycles. The number of carbonyl (C=O) groups excluding carboxylic acids is 1. The minimum Gasteiger partial charge on any atom is -0.347 e. The molecule has 158 valence electrons. The third-order valence-corrected chi connectivity index (χ3v) is 5.43. The molecule has 0 radical (unpaired) electrons. The average Bonchev–Trinajstić information content (AvgIpc) is 3.25. The lowest BCUT2D eigenvalue weighted by Gasteiger charge is -2.26. The summed E-state index contributed by atoms with van der Waals surface area (Å²) in [6.07, 6.45) is 2.14. The van der Waals surface area contributed by atoms with Crippen LogP contribution < -0.4 is 5.32 Å². The van der Waals surface area contributed by atoms with Crippen molar-refractivity contribution >= 4 is 17.3 Å². The third-order valence-electron chi connectivity index (χ3n) is 5.43. The molecule has 2 aromatic carbocycles. The minimum absolute atomic E-state index is 0.0417. The molecule has 0 aliphatic carbocycles. The molecular formula is C21H24N4O5. The SMILES string of the molecule is CC(C(=O)NC(CN1CCCC1)c1cccc([N+](=O)[O-])c1)c1ccccc1[N+](=O)[O-]. The van der Waals surface area contributed by atoms with Gasteiger partial charge in [-0.25, -0.2) is 0 Å². The zero-order valence-corrected chi connectivity index (χ0v) is 16.7. The van der Waals surface area contributed by atoms with Crippen molar-refractivity contribution in [2.45, 2.75) is 31.7 Å². The van der Waals surface area contributed by atoms with Crippen molar-refractivity contribution in [3.63, 3.8) is 0 Å². The van der Waals surface area contributed by atoms with Crippen molar-refractivity contribution in [3.8, 4) is 0 Å². The molecule has 9 heteroatoms. The maximum absolute atomic E-state index is 13.0. The van der Waals surface area contributed by atoms with Crippen LogP contribution in [0, 0.1) is 20.2 Å². The van der Waals surface area contributed by atoms with Crippen molar-refractivity contribution in [1.82, 2.24) is 10.2 Å². The van der Waals surface area contributed by atoms with Crippen molar-refractivity contribution < 1.29 is 14.6 Å². The summed E-state index contributed by atoms with van der Waals surface area (Å²) in [7, 11) is 0. The summed E-state index contributed by atoms with van der Waals surface area (Å²) in [4.78, 5) is 36.8. The lowest BCUT2D eigenvalue weighted by Crippen LogP contribution is -2.38. The van der Waals surface area contributed by atoms with Gasteiger partial charge in [-0.05, 0) is 38.4 Å². The first-order chi connectivity index (χ1) is 14.4. The van der Waals surface area contributed by atoms with Crippen LogP contribution in [0.4, 0.5) is 11.4 Å². The zero-order chi connectivity index (χ0) is 21.7. The Balaban J connectivity index is 1.85. The fourth-order valence-corrected chi connectivity index (χ4v) is 3.77. The molecule has 0 bridgehead atoms. The van der Waals surface area contributed by atoms with E-state index in [-0.39, 0.29) is 17.3 Å². The van der Waals surface area contributed by atoms with E-state index < -0.39 is 21.8 Å². The van der Waals surface area contributed by atoms with Gasteiger partial charge in [0.25, 0.3) is 11.4 Å². The van der Waals surface area contributed by atoms with Crippen LogP contribution in [0.3, 0.4) is 0 Å². The third kappa shape index (κ3) is 4.98. The number of benzene rings is 2. The van der Waals surface area contributed by atoms with E-state index in [9.17, 15) is 25.0 Å². The molecule has 1 aliphatic rings. The number of amides is 1. The molecule has 2 aromatic rings. The van der Waals surface area contributed by atoms with Gasteiger partial charge in [0.1, 0.15) is 0 Å². The maximum atomic E-state index is 13.0. The zero-order valence-electron chi connectivity index (χ0n) is 16.7. The molecule has 3 rings (SSSR count). The number of nitrogens with zero attached hydrogens (tertiary/aromatic N) is 3. The van der Waals surface area contributed by atoms with Gasteiger partial charge in [-0.3, -0.25) is 25.0 Å². The van der Waals surface area contributed by atoms with E-state index in [0.29, 0.717) is 17.7 Å². The van der Waals surface area contributed by atoms with Crippen LogP contribution in [0.15, 0.2) is 48.5 Å². The van der Waals surface area contributed by atoms with E-state index in [0.717, 1.165) is 25.9 Å². The van der Waals surface area contributed by atoms with Gasteiger partial charge in [-0.2, -0.15) is 0 Å². The van der Waals surface area contributed by atoms with Crippen molar-refractivity contribution in [3.05, 3.63) is 79.9 Å². The first-order valence-corrected chi connectivity index (χ1v) is 9.87. The monoisotopic (exact) mass is 412 g/mol. The molecule has 0 saturated carbocycles. The predicted octanol–water partition coefficient (Wildman–Crippen LogP) is 3.56. The van der Waals surface area contributed by atoms with Crippen LogP contribution in [0.25, 0.3) is 0 Å². The highest BCUT2D eigenvalue weighted by Crippen LogP contribution is 2.28. The predicted molar refractivity (Wildman–Crippen MR) is 111 cm³/mol. The molecule has 1 saturated heterocycles. The Bertz CT molecular complexity index is 942. The van der Waals surface area contributed by atoms with E-state index in [1.54, 1.807) is 37.3 Å². The number of likely N-dealkylation sites (tertiary alicyclic amines) is 1. The van der Waals surface area contributed by atoms with Gasteiger partial charge in [0, 0.05) is 30.3 Å². The summed E-state index contributed by atoms with van der Waals surface area (Å²) in [6, 6.07) is 11.9. The molecule has 0 spiro atoms. The average molecular weight is 412 g/mol. The Morgan fingerprint density at radius 1 is 1.07 bits per heavy atom. The normalized spacial score (nSPS) is 16.0. The Morgan fingerprint density at radius 3 is 2.43 bits per heavy atom. The van der Waals surface area contributed by atoms with Gasteiger partial charge >= 0.3 is 0 Å². The van der Waals surface area contributed by atoms with Gasteiger partial charge < -0.3 is 10.2 Å². The minimum atomic E-state index is -0.744. The number of carbonyl (C=O) groups is 1. The van der Waals surface area contributed by atoms with Gasteiger partial charge in [-0.15, -0.1) is 0 Å². The highest BCUT2D eigenvalue weighted by atomic mass is 16.6. The lowest BCUT2D eigenvalue weighted by molar-refractivity contribution is -0.385. The summed E-state index contributed by atoms with van der Waals surface area (Å²) < 4.78 is 0. The van der Waals surface area contributed by atoms with Gasteiger partial charge in [0.05, 0.1) is 21.8 Å². The van der Waals surface area contributed by atoms with Crippen LogP contribution in [0.1, 0.15) is 42.9 Å². The van der Waals surface area contributed by atoms with Crippen LogP contribution in [-0.2, 0) is 4.79 Å². The Kier molecular flexibility index (Phi) is 6.73. The molecule has 2 unspecified atom stereocenters. The number of para-hydroxylation sites is 1. The highest BCUT2D eigenvalue weighted by molar-refractivity contribution is 5.84. The van der Waals surface area contributed by atoms with E-state index in [1.165, 1.54) is 18.2 Å². The summed E-state index contributed by atoms with van der Waals surface area (Å²) in [6.45, 7) is 3.95. The second-order valence-corrected chi connectivity index (χ2v) is 7.46. The molecule has 30 heavy (non-hydrogen) atoms. The van der Waals surface area contributed by atoms with E-state index in [2.05, 4.69) is 10.2 Å². The van der Waals surface area contributed by atoms with E-state index >= 15 is 0 Å². The van der Waals surface area contributed by atoms with Crippen LogP contribution in [0.2, 0.25) is 0 Å². The summed E-state index contributed by atoms with van der Waals surface area (Å²) >= 11 is 0. The van der Waals surface area contributed by atoms with Crippen molar-refractivity contribution in [1.29, 1.82) is 0 Å². The van der Waals surface area contributed by atoms with Crippen LogP contribution in [-0.4, -0.2) is 40.3 Å². The summed E-state index contributed by atoms with van der Waals surface area (Å²) in [5.41, 5.74) is 0.824. The molecule has 0 aromatic heterocycles. The Morgan fingerprint density at radius 2 is 1.77 bits per heavy atom. The quantitative estimate of drug-likeness (QED) is 0.523. The number of rotatable bonds is 8. The first kappa shape index (κ1) is 21.4. The van der Waals surface area contributed by atoms with Crippen molar-refractivity contribution in [2.24, 2.45) is 0 Å². The molecule has 2 atom stereocenters. The molecular weight excluding hydrogens is 388 g/mol. The van der Waals surface area contributed by atoms with Gasteiger partial charge in [-0.1, -0.05) is 30.3 Å². The fraction of sp³-hybridized carbons (Fsp3) is 0.381. The fourth-order valence-electron chi connectivity index (χ4n) is 3.77. The smallest absolute Gasteiger partial charge is 0.273 e. The summed E-state index contributed by atoms with van der Waals surface area (Å²) in [5.74, 6) is -1.11. The molecule has 1 aliphatic heterocycles. The molecule has 1 N–H and O–H groups in total. The second kappa shape index (κ2) is 9.45. The molecule has 9 nitrogen and oxygen atoms in total. The Labute approximate surface area is 174 Å². The maximum Gasteiger partial charge on any atom is 0.273 e.